The topological polar surface area (TPSA) is 139 Å². The zero-order chi connectivity index (χ0) is 25.1. The molecule has 1 aliphatic rings. The zero-order valence-electron chi connectivity index (χ0n) is 19.2. The highest BCUT2D eigenvalue weighted by atomic mass is 32.2. The number of para-hydroxylation sites is 1. The van der Waals surface area contributed by atoms with E-state index in [-0.39, 0.29) is 5.75 Å². The van der Waals surface area contributed by atoms with Crippen molar-refractivity contribution < 1.29 is 19.0 Å². The van der Waals surface area contributed by atoms with Crippen molar-refractivity contribution in [2.75, 3.05) is 10.0 Å². The largest absolute Gasteiger partial charge is 0.588 e. The highest BCUT2D eigenvalue weighted by Gasteiger charge is 2.34. The molecule has 0 fully saturated rings. The summed E-state index contributed by atoms with van der Waals surface area (Å²) >= 11 is -1.55. The van der Waals surface area contributed by atoms with Crippen LogP contribution in [0, 0.1) is 6.92 Å². The summed E-state index contributed by atoms with van der Waals surface area (Å²) in [6, 6.07) is 17.8. The second-order valence-electron chi connectivity index (χ2n) is 8.06. The number of carbonyl (C=O) groups is 1. The van der Waals surface area contributed by atoms with Crippen LogP contribution < -0.4 is 10.0 Å². The van der Waals surface area contributed by atoms with Gasteiger partial charge in [-0.3, -0.25) is 4.98 Å². The van der Waals surface area contributed by atoms with Gasteiger partial charge in [-0.05, 0) is 43.3 Å². The molecule has 1 aliphatic heterocycles. The van der Waals surface area contributed by atoms with Crippen LogP contribution in [0.2, 0.25) is 0 Å². The lowest BCUT2D eigenvalue weighted by atomic mass is 9.98. The number of phenols is 1. The lowest BCUT2D eigenvalue weighted by Gasteiger charge is -2.23. The maximum Gasteiger partial charge on any atom is 0.342 e. The minimum atomic E-state index is -1.55. The average molecular weight is 503 g/mol. The molecule has 2 amide bonds. The van der Waals surface area contributed by atoms with Crippen molar-refractivity contribution >= 4 is 34.6 Å². The molecular formula is C25H22N6O4S. The first-order valence-electron chi connectivity index (χ1n) is 11.1. The van der Waals surface area contributed by atoms with E-state index in [0.717, 1.165) is 5.56 Å². The second kappa shape index (κ2) is 10.1. The fourth-order valence-electron chi connectivity index (χ4n) is 3.83. The van der Waals surface area contributed by atoms with Gasteiger partial charge in [0, 0.05) is 41.7 Å². The Balaban J connectivity index is 1.33. The number of carbonyl (C=O) groups excluding carboxylic acids is 1. The Morgan fingerprint density at radius 1 is 1.17 bits per heavy atom. The molecule has 182 valence electrons. The summed E-state index contributed by atoms with van der Waals surface area (Å²) < 4.78 is 20.3. The van der Waals surface area contributed by atoms with Crippen LogP contribution in [0.5, 0.6) is 5.75 Å². The zero-order valence-corrected chi connectivity index (χ0v) is 20.0. The van der Waals surface area contributed by atoms with Crippen LogP contribution in [0.15, 0.2) is 93.6 Å². The molecule has 0 spiro atoms. The number of hydrazone groups is 1. The van der Waals surface area contributed by atoms with Crippen LogP contribution >= 0.6 is 0 Å². The Morgan fingerprint density at radius 3 is 2.67 bits per heavy atom. The number of aromatic hydroxyl groups is 1. The number of nitrogens with one attached hydrogen (secondary N) is 2. The highest BCUT2D eigenvalue weighted by molar-refractivity contribution is 7.92. The summed E-state index contributed by atoms with van der Waals surface area (Å²) in [4.78, 5) is 17.9. The van der Waals surface area contributed by atoms with Crippen molar-refractivity contribution in [3.8, 4) is 5.75 Å². The number of anilines is 2. The lowest BCUT2D eigenvalue weighted by Crippen LogP contribution is -2.31. The van der Waals surface area contributed by atoms with E-state index < -0.39 is 23.4 Å². The monoisotopic (exact) mass is 502 g/mol. The molecule has 11 heteroatoms. The Labute approximate surface area is 210 Å². The van der Waals surface area contributed by atoms with Crippen molar-refractivity contribution in [2.45, 2.75) is 24.3 Å². The van der Waals surface area contributed by atoms with E-state index in [1.54, 1.807) is 80.0 Å². The van der Waals surface area contributed by atoms with Crippen molar-refractivity contribution in [3.63, 3.8) is 0 Å². The lowest BCUT2D eigenvalue weighted by molar-refractivity contribution is 0.199. The van der Waals surface area contributed by atoms with Gasteiger partial charge in [0.15, 0.2) is 4.90 Å². The van der Waals surface area contributed by atoms with Gasteiger partial charge in [0.25, 0.3) is 0 Å². The molecule has 0 saturated carbocycles. The number of nitrogens with zero attached hydrogens (tertiary/aromatic N) is 4. The Hall–Kier alpha value is -4.35. The average Bonchev–Trinajstić information content (AvgIpc) is 3.52. The van der Waals surface area contributed by atoms with Gasteiger partial charge in [0.05, 0.1) is 11.8 Å². The number of rotatable bonds is 6. The van der Waals surface area contributed by atoms with E-state index in [0.29, 0.717) is 39.9 Å². The maximum absolute atomic E-state index is 13.3. The fourth-order valence-corrected chi connectivity index (χ4v) is 4.62. The van der Waals surface area contributed by atoms with Gasteiger partial charge in [0.2, 0.25) is 5.82 Å². The Kier molecular flexibility index (Phi) is 6.56. The first kappa shape index (κ1) is 23.4. The van der Waals surface area contributed by atoms with E-state index in [2.05, 4.69) is 25.3 Å². The van der Waals surface area contributed by atoms with Crippen molar-refractivity contribution in [1.29, 1.82) is 0 Å². The quantitative estimate of drug-likeness (QED) is 0.327. The molecule has 0 radical (unpaired) electrons. The van der Waals surface area contributed by atoms with Crippen molar-refractivity contribution in [2.24, 2.45) is 5.10 Å². The third-order valence-electron chi connectivity index (χ3n) is 5.55. The molecule has 2 aromatic heterocycles. The van der Waals surface area contributed by atoms with Gasteiger partial charge in [-0.1, -0.05) is 29.4 Å². The van der Waals surface area contributed by atoms with E-state index in [9.17, 15) is 14.5 Å². The summed E-state index contributed by atoms with van der Waals surface area (Å²) in [5.74, 6) is 1.06. The molecular weight excluding hydrogens is 480 g/mol. The third-order valence-corrected chi connectivity index (χ3v) is 6.65. The normalized spacial score (nSPS) is 15.9. The number of hydrogen-bond donors (Lipinski definition) is 3. The first-order valence-corrected chi connectivity index (χ1v) is 12.2. The van der Waals surface area contributed by atoms with Crippen LogP contribution in [-0.4, -0.2) is 36.6 Å². The van der Waals surface area contributed by atoms with E-state index in [1.807, 2.05) is 6.07 Å². The number of benzene rings is 2. The van der Waals surface area contributed by atoms with Crippen molar-refractivity contribution in [1.82, 2.24) is 15.1 Å². The minimum absolute atomic E-state index is 0.0876. The van der Waals surface area contributed by atoms with Crippen LogP contribution in [0.4, 0.5) is 16.3 Å². The molecule has 2 atom stereocenters. The minimum Gasteiger partial charge on any atom is -0.588 e. The van der Waals surface area contributed by atoms with Gasteiger partial charge in [-0.25, -0.2) is 9.80 Å². The standard InChI is InChI=1S/C25H22N6O4S/c1-16-13-24(29-35-16)30-36(34)19-10-8-18(9-11-19)27-25(33)31-22(20-6-2-3-7-23(20)32)14-21(28-31)17-5-4-12-26-15-17/h2-13,15,22,32H,14H2,1H3,(H,27,33)(H,29,30). The number of pyridine rings is 1. The highest BCUT2D eigenvalue weighted by Crippen LogP contribution is 2.37. The molecule has 3 N–H and O–H groups in total. The Bertz CT molecular complexity index is 1390. The summed E-state index contributed by atoms with van der Waals surface area (Å²) in [5.41, 5.74) is 2.58. The molecule has 5 rings (SSSR count). The van der Waals surface area contributed by atoms with Crippen LogP contribution in [0.25, 0.3) is 0 Å². The smallest absolute Gasteiger partial charge is 0.342 e. The van der Waals surface area contributed by atoms with Gasteiger partial charge < -0.3 is 19.5 Å². The summed E-state index contributed by atoms with van der Waals surface area (Å²) in [7, 11) is 0. The second-order valence-corrected chi connectivity index (χ2v) is 9.27. The summed E-state index contributed by atoms with van der Waals surface area (Å²) in [6.45, 7) is 1.74. The number of aryl methyl sites for hydroxylation is 1. The fraction of sp³-hybridized carbons (Fsp3) is 0.120. The Morgan fingerprint density at radius 2 is 1.97 bits per heavy atom. The summed E-state index contributed by atoms with van der Waals surface area (Å²) in [5, 5.41) is 22.9. The molecule has 3 heterocycles. The molecule has 36 heavy (non-hydrogen) atoms. The van der Waals surface area contributed by atoms with Crippen molar-refractivity contribution in [3.05, 3.63) is 96.0 Å². The van der Waals surface area contributed by atoms with E-state index >= 15 is 0 Å². The molecule has 0 saturated heterocycles. The predicted octanol–water partition coefficient (Wildman–Crippen LogP) is 4.60. The number of amides is 2. The number of aromatic nitrogens is 2. The molecule has 2 aromatic carbocycles. The van der Waals surface area contributed by atoms with Crippen LogP contribution in [-0.2, 0) is 11.4 Å². The van der Waals surface area contributed by atoms with Crippen LogP contribution in [0.3, 0.4) is 0 Å². The first-order chi connectivity index (χ1) is 17.5. The number of urea groups is 1. The van der Waals surface area contributed by atoms with E-state index in [4.69, 9.17) is 4.52 Å². The van der Waals surface area contributed by atoms with Crippen LogP contribution in [0.1, 0.15) is 29.3 Å². The molecule has 2 unspecified atom stereocenters. The van der Waals surface area contributed by atoms with Gasteiger partial charge in [-0.2, -0.15) is 9.82 Å². The van der Waals surface area contributed by atoms with Gasteiger partial charge in [-0.15, -0.1) is 0 Å². The maximum atomic E-state index is 13.3. The van der Waals surface area contributed by atoms with Gasteiger partial charge >= 0.3 is 6.03 Å². The molecule has 0 aliphatic carbocycles. The molecule has 4 aromatic rings. The third kappa shape index (κ3) is 5.02. The predicted molar refractivity (Wildman–Crippen MR) is 135 cm³/mol. The van der Waals surface area contributed by atoms with Gasteiger partial charge in [0.1, 0.15) is 22.9 Å². The SMILES string of the molecule is Cc1cc(N[S+]([O-])c2ccc(NC(=O)N3N=C(c4cccnc4)CC3c3ccccc3O)cc2)no1. The molecule has 0 bridgehead atoms. The molecule has 10 nitrogen and oxygen atoms in total. The summed E-state index contributed by atoms with van der Waals surface area (Å²) in [6.07, 6.45) is 3.78. The van der Waals surface area contributed by atoms with E-state index in [1.165, 1.54) is 5.01 Å². The number of hydrogen-bond acceptors (Lipinski definition) is 8. The number of phenolic OH excluding ortho intramolecular Hbond substituents is 1.